The summed E-state index contributed by atoms with van der Waals surface area (Å²) in [7, 11) is 0. The number of hydrogen-bond donors (Lipinski definition) is 1. The molecule has 1 heterocycles. The van der Waals surface area contributed by atoms with Crippen molar-refractivity contribution in [1.82, 2.24) is 4.90 Å². The summed E-state index contributed by atoms with van der Waals surface area (Å²) in [5.41, 5.74) is 0. The van der Waals surface area contributed by atoms with Gasteiger partial charge < -0.3 is 10.0 Å². The van der Waals surface area contributed by atoms with Crippen LogP contribution < -0.4 is 0 Å². The van der Waals surface area contributed by atoms with Gasteiger partial charge in [0, 0.05) is 13.1 Å². The summed E-state index contributed by atoms with van der Waals surface area (Å²) in [6.07, 6.45) is -4.09. The van der Waals surface area contributed by atoms with Gasteiger partial charge in [0.2, 0.25) is 0 Å². The van der Waals surface area contributed by atoms with Crippen LogP contribution in [0.2, 0.25) is 0 Å². The van der Waals surface area contributed by atoms with Crippen LogP contribution in [0.15, 0.2) is 0 Å². The van der Waals surface area contributed by atoms with Crippen molar-refractivity contribution < 1.29 is 23.0 Å². The molecule has 0 saturated carbocycles. The SMILES string of the molecule is CC(O)C1CCN(CCOC(F)(F)F)C1. The zero-order valence-corrected chi connectivity index (χ0v) is 8.63. The number of nitrogens with zero attached hydrogens (tertiary/aromatic N) is 1. The summed E-state index contributed by atoms with van der Waals surface area (Å²) in [4.78, 5) is 1.88. The molecule has 3 nitrogen and oxygen atoms in total. The Balaban J connectivity index is 2.14. The van der Waals surface area contributed by atoms with Crippen LogP contribution in [0.4, 0.5) is 13.2 Å². The molecule has 1 fully saturated rings. The van der Waals surface area contributed by atoms with Crippen LogP contribution >= 0.6 is 0 Å². The highest BCUT2D eigenvalue weighted by Crippen LogP contribution is 2.20. The fourth-order valence-corrected chi connectivity index (χ4v) is 1.75. The van der Waals surface area contributed by atoms with E-state index in [1.807, 2.05) is 4.90 Å². The molecule has 0 aromatic rings. The molecular formula is C9H16F3NO2. The molecule has 0 aromatic heterocycles. The fourth-order valence-electron chi connectivity index (χ4n) is 1.75. The smallest absolute Gasteiger partial charge is 0.393 e. The molecule has 1 aliphatic heterocycles. The van der Waals surface area contributed by atoms with Crippen molar-refractivity contribution in [2.45, 2.75) is 25.8 Å². The Kier molecular flexibility index (Phi) is 4.36. The molecule has 90 valence electrons. The van der Waals surface area contributed by atoms with Gasteiger partial charge in [-0.15, -0.1) is 13.2 Å². The summed E-state index contributed by atoms with van der Waals surface area (Å²) in [5.74, 6) is 0.177. The molecule has 6 heteroatoms. The molecule has 0 aromatic carbocycles. The van der Waals surface area contributed by atoms with Crippen LogP contribution in [-0.2, 0) is 4.74 Å². The van der Waals surface area contributed by atoms with E-state index in [4.69, 9.17) is 0 Å². The second kappa shape index (κ2) is 5.14. The van der Waals surface area contributed by atoms with E-state index < -0.39 is 12.5 Å². The third-order valence-corrected chi connectivity index (χ3v) is 2.66. The van der Waals surface area contributed by atoms with Crippen molar-refractivity contribution in [3.8, 4) is 0 Å². The summed E-state index contributed by atoms with van der Waals surface area (Å²) in [5, 5.41) is 9.29. The zero-order valence-electron chi connectivity index (χ0n) is 8.63. The van der Waals surface area contributed by atoms with Crippen LogP contribution in [0.3, 0.4) is 0 Å². The third kappa shape index (κ3) is 4.81. The minimum atomic E-state index is -4.54. The third-order valence-electron chi connectivity index (χ3n) is 2.66. The lowest BCUT2D eigenvalue weighted by Gasteiger charge is -2.17. The van der Waals surface area contributed by atoms with Gasteiger partial charge in [-0.05, 0) is 25.8 Å². The van der Waals surface area contributed by atoms with Crippen LogP contribution in [0.5, 0.6) is 0 Å². The van der Waals surface area contributed by atoms with Crippen molar-refractivity contribution in [3.05, 3.63) is 0 Å². The Morgan fingerprint density at radius 3 is 2.67 bits per heavy atom. The molecule has 0 aliphatic carbocycles. The van der Waals surface area contributed by atoms with E-state index >= 15 is 0 Å². The van der Waals surface area contributed by atoms with E-state index in [1.54, 1.807) is 6.92 Å². The number of halogens is 3. The van der Waals surface area contributed by atoms with Crippen molar-refractivity contribution in [1.29, 1.82) is 0 Å². The Hall–Kier alpha value is -0.330. The topological polar surface area (TPSA) is 32.7 Å². The van der Waals surface area contributed by atoms with Gasteiger partial charge in [0.1, 0.15) is 0 Å². The summed E-state index contributed by atoms with van der Waals surface area (Å²) >= 11 is 0. The first-order valence-electron chi connectivity index (χ1n) is 4.99. The lowest BCUT2D eigenvalue weighted by molar-refractivity contribution is -0.324. The van der Waals surface area contributed by atoms with Gasteiger partial charge in [-0.2, -0.15) is 0 Å². The van der Waals surface area contributed by atoms with E-state index in [0.717, 1.165) is 13.0 Å². The minimum absolute atomic E-state index is 0.177. The van der Waals surface area contributed by atoms with E-state index in [-0.39, 0.29) is 19.1 Å². The highest BCUT2D eigenvalue weighted by Gasteiger charge is 2.30. The molecule has 1 aliphatic rings. The average molecular weight is 227 g/mol. The van der Waals surface area contributed by atoms with Crippen molar-refractivity contribution >= 4 is 0 Å². The predicted molar refractivity (Wildman–Crippen MR) is 48.2 cm³/mol. The monoisotopic (exact) mass is 227 g/mol. The summed E-state index contributed by atoms with van der Waals surface area (Å²) < 4.78 is 38.6. The van der Waals surface area contributed by atoms with Crippen LogP contribution in [0.1, 0.15) is 13.3 Å². The molecule has 0 bridgehead atoms. The highest BCUT2D eigenvalue weighted by molar-refractivity contribution is 4.78. The quantitative estimate of drug-likeness (QED) is 0.784. The Morgan fingerprint density at radius 1 is 1.53 bits per heavy atom. The molecule has 0 amide bonds. The molecule has 0 spiro atoms. The molecule has 2 unspecified atom stereocenters. The Bertz CT molecular complexity index is 196. The fraction of sp³-hybridized carbons (Fsp3) is 1.00. The number of aliphatic hydroxyl groups is 1. The van der Waals surface area contributed by atoms with Gasteiger partial charge in [-0.3, -0.25) is 4.74 Å². The number of aliphatic hydroxyl groups excluding tert-OH is 1. The molecule has 2 atom stereocenters. The maximum Gasteiger partial charge on any atom is 0.522 e. The Morgan fingerprint density at radius 2 is 2.20 bits per heavy atom. The number of rotatable bonds is 4. The maximum absolute atomic E-state index is 11.7. The molecule has 1 rings (SSSR count). The zero-order chi connectivity index (χ0) is 11.5. The summed E-state index contributed by atoms with van der Waals surface area (Å²) in [6, 6.07) is 0. The summed E-state index contributed by atoms with van der Waals surface area (Å²) in [6.45, 7) is 3.02. The van der Waals surface area contributed by atoms with Crippen molar-refractivity contribution in [3.63, 3.8) is 0 Å². The molecule has 0 radical (unpaired) electrons. The standard InChI is InChI=1S/C9H16F3NO2/c1-7(14)8-2-3-13(6-8)4-5-15-9(10,11)12/h7-8,14H,2-6H2,1H3. The normalized spacial score (nSPS) is 25.8. The first-order valence-corrected chi connectivity index (χ1v) is 4.99. The van der Waals surface area contributed by atoms with E-state index in [0.29, 0.717) is 6.54 Å². The van der Waals surface area contributed by atoms with E-state index in [9.17, 15) is 18.3 Å². The van der Waals surface area contributed by atoms with Gasteiger partial charge in [0.25, 0.3) is 0 Å². The number of ether oxygens (including phenoxy) is 1. The molecular weight excluding hydrogens is 211 g/mol. The lowest BCUT2D eigenvalue weighted by Crippen LogP contribution is -2.29. The minimum Gasteiger partial charge on any atom is -0.393 e. The highest BCUT2D eigenvalue weighted by atomic mass is 19.4. The van der Waals surface area contributed by atoms with Gasteiger partial charge in [0.05, 0.1) is 12.7 Å². The molecule has 15 heavy (non-hydrogen) atoms. The number of hydrogen-bond acceptors (Lipinski definition) is 3. The van der Waals surface area contributed by atoms with Crippen molar-refractivity contribution in [2.24, 2.45) is 5.92 Å². The van der Waals surface area contributed by atoms with Gasteiger partial charge >= 0.3 is 6.36 Å². The first kappa shape index (κ1) is 12.7. The second-order valence-electron chi connectivity index (χ2n) is 3.88. The lowest BCUT2D eigenvalue weighted by atomic mass is 10.0. The number of alkyl halides is 3. The molecule has 1 saturated heterocycles. The number of likely N-dealkylation sites (tertiary alicyclic amines) is 1. The van der Waals surface area contributed by atoms with Gasteiger partial charge in [-0.1, -0.05) is 0 Å². The van der Waals surface area contributed by atoms with Gasteiger partial charge in [-0.25, -0.2) is 0 Å². The van der Waals surface area contributed by atoms with Crippen LogP contribution in [0.25, 0.3) is 0 Å². The predicted octanol–water partition coefficient (Wildman–Crippen LogP) is 1.23. The maximum atomic E-state index is 11.7. The van der Waals surface area contributed by atoms with E-state index in [2.05, 4.69) is 4.74 Å². The van der Waals surface area contributed by atoms with Gasteiger partial charge in [0.15, 0.2) is 0 Å². The second-order valence-corrected chi connectivity index (χ2v) is 3.88. The van der Waals surface area contributed by atoms with Crippen LogP contribution in [0, 0.1) is 5.92 Å². The largest absolute Gasteiger partial charge is 0.522 e. The average Bonchev–Trinajstić information content (AvgIpc) is 2.50. The Labute approximate surface area is 86.8 Å². The first-order chi connectivity index (χ1) is 6.88. The molecule has 1 N–H and O–H groups in total. The van der Waals surface area contributed by atoms with Crippen molar-refractivity contribution in [2.75, 3.05) is 26.2 Å². The van der Waals surface area contributed by atoms with E-state index in [1.165, 1.54) is 0 Å². The van der Waals surface area contributed by atoms with Crippen LogP contribution in [-0.4, -0.2) is 48.7 Å².